The van der Waals surface area contributed by atoms with Crippen LogP contribution in [0.15, 0.2) is 95.6 Å². The van der Waals surface area contributed by atoms with E-state index in [4.69, 9.17) is 22.8 Å². The molecule has 1 aliphatic carbocycles. The molecular formula is C37H49ClO4. The fraction of sp³-hybridized carbons (Fsp3) is 0.405. The predicted molar refractivity (Wildman–Crippen MR) is 177 cm³/mol. The highest BCUT2D eigenvalue weighted by Crippen LogP contribution is 2.54. The van der Waals surface area contributed by atoms with Gasteiger partial charge < -0.3 is 20.1 Å². The van der Waals surface area contributed by atoms with E-state index in [9.17, 15) is 15.3 Å². The molecule has 1 fully saturated rings. The van der Waals surface area contributed by atoms with Gasteiger partial charge in [-0.15, -0.1) is 6.42 Å². The smallest absolute Gasteiger partial charge is 0.125 e. The van der Waals surface area contributed by atoms with Gasteiger partial charge in [0.2, 0.25) is 0 Å². The molecule has 4 nitrogen and oxygen atoms in total. The largest absolute Gasteiger partial charge is 0.507 e. The van der Waals surface area contributed by atoms with Crippen molar-refractivity contribution < 1.29 is 20.1 Å². The van der Waals surface area contributed by atoms with Crippen LogP contribution in [0.1, 0.15) is 78.4 Å². The van der Waals surface area contributed by atoms with E-state index in [1.54, 1.807) is 18.2 Å². The number of phenolic OH excluding ortho intramolecular Hbond substituents is 1. The molecular weight excluding hydrogens is 544 g/mol. The standard InChI is InChI=1S/C33H37ClO4.2C2H6/c1-4-7-16-25(13-5-2)28-22-32(36)33(37,29(28)18-12-11-17-26(34)6-3)30-20-19-27(21-31(30)35)38-23-24-14-9-8-10-15-24;2*1-2/h2,4,6-15,19-21,28-29,32,35-37H,16-18,22-23H2,1,3H3;2*1-2H3/b7-4-,12-11-,25-13+,26-6+;;/t28?,29?,32?,33-;;/m0../s1. The van der Waals surface area contributed by atoms with Crippen LogP contribution < -0.4 is 4.74 Å². The van der Waals surface area contributed by atoms with E-state index in [0.29, 0.717) is 38.0 Å². The molecule has 0 aromatic heterocycles. The summed E-state index contributed by atoms with van der Waals surface area (Å²) in [6, 6.07) is 14.6. The van der Waals surface area contributed by atoms with Gasteiger partial charge in [0.05, 0.1) is 6.10 Å². The Morgan fingerprint density at radius 3 is 2.33 bits per heavy atom. The van der Waals surface area contributed by atoms with E-state index in [1.165, 1.54) is 6.07 Å². The van der Waals surface area contributed by atoms with Gasteiger partial charge in [0, 0.05) is 29.0 Å². The Labute approximate surface area is 259 Å². The molecule has 2 aromatic rings. The predicted octanol–water partition coefficient (Wildman–Crippen LogP) is 9.21. The number of hydrogen-bond donors (Lipinski definition) is 3. The van der Waals surface area contributed by atoms with Crippen molar-refractivity contribution in [1.29, 1.82) is 0 Å². The lowest BCUT2D eigenvalue weighted by Crippen LogP contribution is -2.41. The summed E-state index contributed by atoms with van der Waals surface area (Å²) < 4.78 is 5.85. The molecule has 0 radical (unpaired) electrons. The number of aliphatic hydroxyl groups excluding tert-OH is 1. The van der Waals surface area contributed by atoms with Crippen molar-refractivity contribution in [2.45, 2.75) is 85.5 Å². The maximum Gasteiger partial charge on any atom is 0.125 e. The van der Waals surface area contributed by atoms with Crippen LogP contribution in [-0.4, -0.2) is 21.4 Å². The summed E-state index contributed by atoms with van der Waals surface area (Å²) in [4.78, 5) is 0. The minimum absolute atomic E-state index is 0.125. The number of hydrogen-bond acceptors (Lipinski definition) is 4. The molecule has 42 heavy (non-hydrogen) atoms. The summed E-state index contributed by atoms with van der Waals surface area (Å²) in [6.07, 6.45) is 18.0. The molecule has 0 heterocycles. The summed E-state index contributed by atoms with van der Waals surface area (Å²) in [7, 11) is 0. The number of aliphatic hydroxyl groups is 2. The topological polar surface area (TPSA) is 69.9 Å². The summed E-state index contributed by atoms with van der Waals surface area (Å²) in [5.74, 6) is 2.36. The van der Waals surface area contributed by atoms with Gasteiger partial charge in [-0.3, -0.25) is 0 Å². The van der Waals surface area contributed by atoms with Gasteiger partial charge in [-0.2, -0.15) is 0 Å². The van der Waals surface area contributed by atoms with E-state index in [-0.39, 0.29) is 17.2 Å². The molecule has 0 bridgehead atoms. The highest BCUT2D eigenvalue weighted by atomic mass is 35.5. The van der Waals surface area contributed by atoms with Gasteiger partial charge in [-0.1, -0.05) is 112 Å². The molecule has 0 saturated heterocycles. The monoisotopic (exact) mass is 592 g/mol. The van der Waals surface area contributed by atoms with Crippen molar-refractivity contribution in [1.82, 2.24) is 0 Å². The molecule has 0 aliphatic heterocycles. The van der Waals surface area contributed by atoms with Crippen molar-refractivity contribution in [2.24, 2.45) is 11.8 Å². The molecule has 1 aliphatic rings. The van der Waals surface area contributed by atoms with Crippen molar-refractivity contribution in [3.05, 3.63) is 107 Å². The number of aromatic hydroxyl groups is 1. The number of allylic oxidation sites excluding steroid dienone is 8. The average Bonchev–Trinajstić information content (AvgIpc) is 3.28. The fourth-order valence-corrected chi connectivity index (χ4v) is 5.28. The Hall–Kier alpha value is -3.23. The lowest BCUT2D eigenvalue weighted by Gasteiger charge is -2.35. The third kappa shape index (κ3) is 9.95. The van der Waals surface area contributed by atoms with Crippen molar-refractivity contribution >= 4 is 11.6 Å². The first-order chi connectivity index (χ1) is 20.3. The summed E-state index contributed by atoms with van der Waals surface area (Å²) in [5.41, 5.74) is 0.552. The second-order valence-electron chi connectivity index (χ2n) is 9.55. The average molecular weight is 593 g/mol. The zero-order chi connectivity index (χ0) is 31.5. The number of rotatable bonds is 11. The molecule has 4 atom stereocenters. The highest BCUT2D eigenvalue weighted by Gasteiger charge is 2.55. The Kier molecular flexibility index (Phi) is 17.4. The van der Waals surface area contributed by atoms with E-state index in [1.807, 2.05) is 102 Å². The Balaban J connectivity index is 0.00000211. The van der Waals surface area contributed by atoms with E-state index in [2.05, 4.69) is 5.92 Å². The van der Waals surface area contributed by atoms with Crippen molar-refractivity contribution in [3.8, 4) is 23.8 Å². The second kappa shape index (κ2) is 19.8. The minimum Gasteiger partial charge on any atom is -0.507 e. The van der Waals surface area contributed by atoms with Crippen LogP contribution >= 0.6 is 11.6 Å². The summed E-state index contributed by atoms with van der Waals surface area (Å²) in [5, 5.41) is 35.2. The zero-order valence-corrected chi connectivity index (χ0v) is 26.8. The molecule has 228 valence electrons. The van der Waals surface area contributed by atoms with Gasteiger partial charge in [0.25, 0.3) is 0 Å². The molecule has 3 rings (SSSR count). The first kappa shape index (κ1) is 36.8. The van der Waals surface area contributed by atoms with E-state index >= 15 is 0 Å². The minimum atomic E-state index is -1.69. The van der Waals surface area contributed by atoms with Crippen LogP contribution in [0.4, 0.5) is 0 Å². The van der Waals surface area contributed by atoms with Crippen LogP contribution in [-0.2, 0) is 12.2 Å². The molecule has 1 saturated carbocycles. The lowest BCUT2D eigenvalue weighted by molar-refractivity contribution is -0.0895. The van der Waals surface area contributed by atoms with Gasteiger partial charge >= 0.3 is 0 Å². The highest BCUT2D eigenvalue weighted by molar-refractivity contribution is 6.29. The normalized spacial score (nSPS) is 22.2. The Morgan fingerprint density at radius 1 is 1.05 bits per heavy atom. The molecule has 3 unspecified atom stereocenters. The quantitative estimate of drug-likeness (QED) is 0.180. The second-order valence-corrected chi connectivity index (χ2v) is 10.0. The Morgan fingerprint density at radius 2 is 1.74 bits per heavy atom. The third-order valence-electron chi connectivity index (χ3n) is 7.20. The first-order valence-electron chi connectivity index (χ1n) is 15.0. The molecule has 0 spiro atoms. The van der Waals surface area contributed by atoms with Gasteiger partial charge in [0.1, 0.15) is 23.7 Å². The van der Waals surface area contributed by atoms with Crippen molar-refractivity contribution in [3.63, 3.8) is 0 Å². The molecule has 5 heteroatoms. The van der Waals surface area contributed by atoms with Gasteiger partial charge in [0.15, 0.2) is 0 Å². The SMILES string of the molecule is C#C/C=C(\C/C=C\C)C1CC(O)[C@@](O)(c2ccc(OCc3ccccc3)cc2O)C1C/C=C\C/C(Cl)=C\C.CC.CC. The fourth-order valence-electron chi connectivity index (χ4n) is 5.19. The maximum absolute atomic E-state index is 12.1. The maximum atomic E-state index is 12.1. The van der Waals surface area contributed by atoms with Crippen LogP contribution in [0.25, 0.3) is 0 Å². The van der Waals surface area contributed by atoms with Crippen molar-refractivity contribution in [2.75, 3.05) is 0 Å². The van der Waals surface area contributed by atoms with Crippen LogP contribution in [0.3, 0.4) is 0 Å². The number of terminal acetylenes is 1. The summed E-state index contributed by atoms with van der Waals surface area (Å²) in [6.45, 7) is 12.2. The lowest BCUT2D eigenvalue weighted by atomic mass is 9.75. The number of ether oxygens (including phenoxy) is 1. The van der Waals surface area contributed by atoms with E-state index < -0.39 is 17.6 Å². The zero-order valence-electron chi connectivity index (χ0n) is 26.1. The number of benzene rings is 2. The first-order valence-corrected chi connectivity index (χ1v) is 15.3. The Bertz CT molecular complexity index is 1220. The number of phenols is 1. The van der Waals surface area contributed by atoms with Crippen LogP contribution in [0.2, 0.25) is 0 Å². The van der Waals surface area contributed by atoms with Crippen LogP contribution in [0.5, 0.6) is 11.5 Å². The molecule has 2 aromatic carbocycles. The number of halogens is 1. The third-order valence-corrected chi connectivity index (χ3v) is 7.57. The summed E-state index contributed by atoms with van der Waals surface area (Å²) >= 11 is 6.15. The van der Waals surface area contributed by atoms with E-state index in [0.717, 1.165) is 16.2 Å². The van der Waals surface area contributed by atoms with Gasteiger partial charge in [-0.25, -0.2) is 0 Å². The molecule has 3 N–H and O–H groups in total. The molecule has 0 amide bonds. The van der Waals surface area contributed by atoms with Gasteiger partial charge in [-0.05, 0) is 62.8 Å². The van der Waals surface area contributed by atoms with Crippen LogP contribution in [0, 0.1) is 24.2 Å².